The van der Waals surface area contributed by atoms with E-state index in [1.807, 2.05) is 52.0 Å². The van der Waals surface area contributed by atoms with Crippen molar-refractivity contribution in [1.29, 1.82) is 0 Å². The molecule has 12 nitrogen and oxygen atoms in total. The first-order valence-corrected chi connectivity index (χ1v) is 15.7. The van der Waals surface area contributed by atoms with Crippen molar-refractivity contribution in [2.75, 3.05) is 44.7 Å². The summed E-state index contributed by atoms with van der Waals surface area (Å²) in [5.41, 5.74) is 13.5. The first-order valence-electron chi connectivity index (χ1n) is 15.7. The van der Waals surface area contributed by atoms with Crippen LogP contribution in [0.25, 0.3) is 0 Å². The first kappa shape index (κ1) is 35.3. The number of likely N-dealkylation sites (tertiary alicyclic amines) is 1. The van der Waals surface area contributed by atoms with Crippen LogP contribution in [0.15, 0.2) is 24.3 Å². The smallest absolute Gasteiger partial charge is 0.407 e. The summed E-state index contributed by atoms with van der Waals surface area (Å²) in [7, 11) is 1.32. The highest BCUT2D eigenvalue weighted by atomic mass is 16.5. The number of methoxy groups -OCH3 is 1. The summed E-state index contributed by atoms with van der Waals surface area (Å²) in [6.07, 6.45) is 3.35. The molecule has 0 aliphatic carbocycles. The Morgan fingerprint density at radius 2 is 1.77 bits per heavy atom. The number of ether oxygens (including phenoxy) is 2. The van der Waals surface area contributed by atoms with Crippen LogP contribution in [-0.4, -0.2) is 92.8 Å². The Hall–Kier alpha value is -3.22. The van der Waals surface area contributed by atoms with Gasteiger partial charge in [0.05, 0.1) is 19.7 Å². The van der Waals surface area contributed by atoms with E-state index >= 15 is 0 Å². The molecule has 0 saturated carbocycles. The van der Waals surface area contributed by atoms with E-state index in [9.17, 15) is 19.2 Å². The van der Waals surface area contributed by atoms with E-state index in [1.165, 1.54) is 13.5 Å². The zero-order chi connectivity index (χ0) is 32.4. The molecule has 0 radical (unpaired) electrons. The third-order valence-electron chi connectivity index (χ3n) is 8.43. The van der Waals surface area contributed by atoms with Gasteiger partial charge in [0, 0.05) is 31.2 Å². The van der Waals surface area contributed by atoms with Crippen LogP contribution in [0.5, 0.6) is 0 Å². The Labute approximate surface area is 261 Å². The average Bonchev–Trinajstić information content (AvgIpc) is 2.98. The van der Waals surface area contributed by atoms with Gasteiger partial charge in [-0.2, -0.15) is 0 Å². The largest absolute Gasteiger partial charge is 0.458 e. The lowest BCUT2D eigenvalue weighted by molar-refractivity contribution is -0.157. The Balaban J connectivity index is 1.74. The van der Waals surface area contributed by atoms with Crippen LogP contribution in [0.4, 0.5) is 10.5 Å². The van der Waals surface area contributed by atoms with Crippen molar-refractivity contribution in [3.8, 4) is 0 Å². The number of alkyl carbamates (subject to hydrolysis) is 1. The summed E-state index contributed by atoms with van der Waals surface area (Å²) in [5.74, 6) is -1.26. The Bertz CT molecular complexity index is 1140. The maximum absolute atomic E-state index is 13.8. The quantitative estimate of drug-likeness (QED) is 0.242. The summed E-state index contributed by atoms with van der Waals surface area (Å²) in [6.45, 7) is 10.0. The minimum atomic E-state index is -0.845. The van der Waals surface area contributed by atoms with Crippen LogP contribution in [-0.2, 0) is 30.3 Å². The standard InChI is InChI=1S/C32H52N6O6/c1-21(2)29(36-27(39)18-33)30(41)44-26(20-37-13-9-6-10-14-37)24(34)16-32(3,4)17-28(40)38-19-23(35-31(42)43-5)15-22-11-7-8-12-25(22)38/h7-8,11-12,21,23-24,26,29H,6,9-10,13-20,33-34H2,1-5H3,(H,35,42)(H,36,39)/t23?,24-,26-,29-/m0/s1. The molecule has 1 aromatic rings. The summed E-state index contributed by atoms with van der Waals surface area (Å²) < 4.78 is 10.8. The van der Waals surface area contributed by atoms with E-state index in [0.29, 0.717) is 25.9 Å². The lowest BCUT2D eigenvalue weighted by Crippen LogP contribution is -2.53. The number of fused-ring (bicyclic) bond motifs is 1. The molecule has 3 amide bonds. The average molecular weight is 617 g/mol. The predicted molar refractivity (Wildman–Crippen MR) is 169 cm³/mol. The second-order valence-electron chi connectivity index (χ2n) is 13.2. The van der Waals surface area contributed by atoms with Crippen molar-refractivity contribution in [1.82, 2.24) is 15.5 Å². The number of benzene rings is 1. The fourth-order valence-corrected chi connectivity index (χ4v) is 6.11. The topological polar surface area (TPSA) is 169 Å². The fourth-order valence-electron chi connectivity index (χ4n) is 6.11. The lowest BCUT2D eigenvalue weighted by Gasteiger charge is -2.38. The minimum Gasteiger partial charge on any atom is -0.458 e. The molecule has 1 unspecified atom stereocenters. The van der Waals surface area contributed by atoms with Gasteiger partial charge in [-0.15, -0.1) is 0 Å². The van der Waals surface area contributed by atoms with Gasteiger partial charge in [-0.3, -0.25) is 14.5 Å². The summed E-state index contributed by atoms with van der Waals surface area (Å²) in [4.78, 5) is 55.1. The van der Waals surface area contributed by atoms with Gasteiger partial charge in [0.2, 0.25) is 11.8 Å². The Kier molecular flexibility index (Phi) is 13.0. The monoisotopic (exact) mass is 616 g/mol. The molecule has 2 aliphatic rings. The van der Waals surface area contributed by atoms with Crippen molar-refractivity contribution >= 4 is 29.6 Å². The molecule has 4 atom stereocenters. The number of nitrogens with one attached hydrogen (secondary N) is 2. The molecule has 3 rings (SSSR count). The summed E-state index contributed by atoms with van der Waals surface area (Å²) in [5, 5.41) is 5.51. The second kappa shape index (κ2) is 16.2. The van der Waals surface area contributed by atoms with E-state index < -0.39 is 41.6 Å². The molecule has 0 bridgehead atoms. The van der Waals surface area contributed by atoms with Crippen LogP contribution in [0.3, 0.4) is 0 Å². The number of rotatable bonds is 13. The number of nitrogens with two attached hydrogens (primary N) is 2. The van der Waals surface area contributed by atoms with E-state index in [0.717, 1.165) is 37.2 Å². The zero-order valence-corrected chi connectivity index (χ0v) is 27.0. The number of nitrogens with zero attached hydrogens (tertiary/aromatic N) is 2. The molecule has 1 aromatic carbocycles. The van der Waals surface area contributed by atoms with Crippen molar-refractivity contribution in [2.24, 2.45) is 22.8 Å². The number of esters is 1. The number of carbonyl (C=O) groups excluding carboxylic acids is 4. The summed E-state index contributed by atoms with van der Waals surface area (Å²) >= 11 is 0. The number of piperidine rings is 1. The van der Waals surface area contributed by atoms with Gasteiger partial charge in [0.1, 0.15) is 12.1 Å². The number of amides is 3. The van der Waals surface area contributed by atoms with Crippen molar-refractivity contribution in [3.05, 3.63) is 29.8 Å². The van der Waals surface area contributed by atoms with E-state index in [-0.39, 0.29) is 30.8 Å². The van der Waals surface area contributed by atoms with Gasteiger partial charge >= 0.3 is 12.1 Å². The molecule has 2 heterocycles. The van der Waals surface area contributed by atoms with E-state index in [2.05, 4.69) is 15.5 Å². The molecule has 1 saturated heterocycles. The minimum absolute atomic E-state index is 0.0834. The van der Waals surface area contributed by atoms with E-state index in [1.54, 1.807) is 4.90 Å². The molecule has 0 spiro atoms. The molecule has 246 valence electrons. The van der Waals surface area contributed by atoms with Crippen molar-refractivity contribution < 1.29 is 28.7 Å². The number of anilines is 1. The zero-order valence-electron chi connectivity index (χ0n) is 27.0. The van der Waals surface area contributed by atoms with Crippen LogP contribution in [0, 0.1) is 11.3 Å². The number of para-hydroxylation sites is 1. The maximum atomic E-state index is 13.8. The molecule has 2 aliphatic heterocycles. The van der Waals surface area contributed by atoms with Gasteiger partial charge in [-0.25, -0.2) is 9.59 Å². The summed E-state index contributed by atoms with van der Waals surface area (Å²) in [6, 6.07) is 6.01. The van der Waals surface area contributed by atoms with Gasteiger partial charge < -0.3 is 36.5 Å². The van der Waals surface area contributed by atoms with E-state index in [4.69, 9.17) is 20.9 Å². The Morgan fingerprint density at radius 3 is 2.41 bits per heavy atom. The van der Waals surface area contributed by atoms with Crippen LogP contribution in [0.1, 0.15) is 65.4 Å². The number of carbonyl (C=O) groups is 4. The normalized spacial score (nSPS) is 19.4. The highest BCUT2D eigenvalue weighted by Gasteiger charge is 2.37. The molecule has 12 heteroatoms. The van der Waals surface area contributed by atoms with Crippen molar-refractivity contribution in [2.45, 2.75) is 90.4 Å². The van der Waals surface area contributed by atoms with Gasteiger partial charge in [-0.1, -0.05) is 52.3 Å². The lowest BCUT2D eigenvalue weighted by atomic mass is 9.80. The number of hydrogen-bond donors (Lipinski definition) is 4. The Morgan fingerprint density at radius 1 is 1.09 bits per heavy atom. The maximum Gasteiger partial charge on any atom is 0.407 e. The molecule has 0 aromatic heterocycles. The van der Waals surface area contributed by atoms with Gasteiger partial charge in [0.25, 0.3) is 0 Å². The first-order chi connectivity index (χ1) is 20.8. The van der Waals surface area contributed by atoms with Crippen LogP contribution >= 0.6 is 0 Å². The van der Waals surface area contributed by atoms with Crippen molar-refractivity contribution in [3.63, 3.8) is 0 Å². The molecule has 44 heavy (non-hydrogen) atoms. The third kappa shape index (κ3) is 10.2. The highest BCUT2D eigenvalue weighted by Crippen LogP contribution is 2.33. The molecule has 6 N–H and O–H groups in total. The third-order valence-corrected chi connectivity index (χ3v) is 8.43. The molecule has 1 fully saturated rings. The second-order valence-corrected chi connectivity index (χ2v) is 13.2. The highest BCUT2D eigenvalue weighted by molar-refractivity contribution is 5.95. The predicted octanol–water partition coefficient (Wildman–Crippen LogP) is 1.93. The molecular formula is C32H52N6O6. The van der Waals surface area contributed by atoms with Gasteiger partial charge in [0.15, 0.2) is 0 Å². The van der Waals surface area contributed by atoms with Crippen LogP contribution in [0.2, 0.25) is 0 Å². The fraction of sp³-hybridized carbons (Fsp3) is 0.688. The SMILES string of the molecule is COC(=O)NC1Cc2ccccc2N(C(=O)CC(C)(C)C[C@H](N)[C@H](CN2CCCCC2)OC(=O)[C@@H](NC(=O)CN)C(C)C)C1. The molecular weight excluding hydrogens is 564 g/mol. The van der Waals surface area contributed by atoms with Crippen LogP contribution < -0.4 is 27.0 Å². The van der Waals surface area contributed by atoms with Gasteiger partial charge in [-0.05, 0) is 61.7 Å². The number of hydrogen-bond acceptors (Lipinski definition) is 9.